The lowest BCUT2D eigenvalue weighted by Gasteiger charge is -1.83. The molecule has 0 aliphatic heterocycles. The molecule has 2 heterocycles. The molecule has 0 amide bonds. The fourth-order valence-electron chi connectivity index (χ4n) is 0.992. The van der Waals surface area contributed by atoms with Gasteiger partial charge in [-0.3, -0.25) is 4.40 Å². The van der Waals surface area contributed by atoms with Gasteiger partial charge >= 0.3 is 0 Å². The van der Waals surface area contributed by atoms with Gasteiger partial charge < -0.3 is 0 Å². The minimum atomic E-state index is 0.404. The molecule has 2 rings (SSSR count). The van der Waals surface area contributed by atoms with Crippen molar-refractivity contribution in [2.75, 3.05) is 0 Å². The molecule has 2 aromatic heterocycles. The summed E-state index contributed by atoms with van der Waals surface area (Å²) in [7, 11) is 0. The first-order valence-electron chi connectivity index (χ1n) is 3.08. The van der Waals surface area contributed by atoms with Crippen LogP contribution in [0.15, 0.2) is 16.8 Å². The summed E-state index contributed by atoms with van der Waals surface area (Å²) >= 11 is 1.49. The van der Waals surface area contributed by atoms with Crippen LogP contribution in [0.4, 0.5) is 5.82 Å². The van der Waals surface area contributed by atoms with Gasteiger partial charge in [0, 0.05) is 11.6 Å². The Hall–Kier alpha value is -1.23. The molecule has 0 fully saturated rings. The van der Waals surface area contributed by atoms with Crippen LogP contribution in [0.1, 0.15) is 5.69 Å². The van der Waals surface area contributed by atoms with Crippen molar-refractivity contribution in [2.24, 2.45) is 5.18 Å². The van der Waals surface area contributed by atoms with E-state index in [1.807, 2.05) is 5.38 Å². The highest BCUT2D eigenvalue weighted by Gasteiger charge is 2.08. The van der Waals surface area contributed by atoms with E-state index in [4.69, 9.17) is 0 Å². The highest BCUT2D eigenvalue weighted by atomic mass is 32.1. The Balaban J connectivity index is 2.90. The number of imidazole rings is 1. The molecule has 5 heteroatoms. The summed E-state index contributed by atoms with van der Waals surface area (Å²) in [5.74, 6) is 0.404. The highest BCUT2D eigenvalue weighted by molar-refractivity contribution is 7.15. The summed E-state index contributed by atoms with van der Waals surface area (Å²) in [6.07, 6.45) is 1.79. The van der Waals surface area contributed by atoms with Gasteiger partial charge in [0.15, 0.2) is 4.96 Å². The van der Waals surface area contributed by atoms with Crippen molar-refractivity contribution in [3.63, 3.8) is 0 Å². The molecular weight excluding hydrogens is 162 g/mol. The Labute approximate surface area is 66.5 Å². The number of hydrogen-bond acceptors (Lipinski definition) is 4. The molecule has 0 radical (unpaired) electrons. The molecule has 0 unspecified atom stereocenters. The number of nitroso groups, excluding NO2 is 1. The zero-order valence-electron chi connectivity index (χ0n) is 5.81. The Kier molecular flexibility index (Phi) is 1.25. The third-order valence-electron chi connectivity index (χ3n) is 1.49. The minimum Gasteiger partial charge on any atom is -0.272 e. The van der Waals surface area contributed by atoms with Crippen LogP contribution >= 0.6 is 11.3 Å². The Morgan fingerprint density at radius 1 is 1.73 bits per heavy atom. The van der Waals surface area contributed by atoms with Gasteiger partial charge in [-0.15, -0.1) is 16.2 Å². The molecule has 0 spiro atoms. The van der Waals surface area contributed by atoms with Gasteiger partial charge in [0.25, 0.3) is 0 Å². The van der Waals surface area contributed by atoms with Crippen LogP contribution in [-0.4, -0.2) is 9.38 Å². The normalized spacial score (nSPS) is 10.6. The summed E-state index contributed by atoms with van der Waals surface area (Å²) in [6, 6.07) is 0. The number of hydrogen-bond donors (Lipinski definition) is 0. The van der Waals surface area contributed by atoms with Crippen LogP contribution in [0.5, 0.6) is 0 Å². The average Bonchev–Trinajstić information content (AvgIpc) is 2.46. The van der Waals surface area contributed by atoms with E-state index in [1.165, 1.54) is 11.3 Å². The number of nitrogens with zero attached hydrogens (tertiary/aromatic N) is 3. The van der Waals surface area contributed by atoms with Crippen molar-refractivity contribution in [1.82, 2.24) is 9.38 Å². The summed E-state index contributed by atoms with van der Waals surface area (Å²) < 4.78 is 1.69. The van der Waals surface area contributed by atoms with Crippen LogP contribution in [0, 0.1) is 11.8 Å². The van der Waals surface area contributed by atoms with Crippen LogP contribution in [-0.2, 0) is 0 Å². The maximum absolute atomic E-state index is 10.3. The van der Waals surface area contributed by atoms with Gasteiger partial charge in [-0.25, -0.2) is 4.98 Å². The number of aryl methyl sites for hydroxylation is 1. The quantitative estimate of drug-likeness (QED) is 0.610. The molecule has 0 aromatic carbocycles. The van der Waals surface area contributed by atoms with Gasteiger partial charge in [-0.05, 0) is 12.1 Å². The predicted molar refractivity (Wildman–Crippen MR) is 43.3 cm³/mol. The van der Waals surface area contributed by atoms with E-state index >= 15 is 0 Å². The van der Waals surface area contributed by atoms with Crippen LogP contribution < -0.4 is 0 Å². The second-order valence-corrected chi connectivity index (χ2v) is 3.04. The smallest absolute Gasteiger partial charge is 0.205 e. The largest absolute Gasteiger partial charge is 0.272 e. The summed E-state index contributed by atoms with van der Waals surface area (Å²) in [5, 5.41) is 4.76. The zero-order valence-corrected chi connectivity index (χ0v) is 6.63. The Morgan fingerprint density at radius 3 is 3.27 bits per heavy atom. The number of rotatable bonds is 1. The molecule has 4 nitrogen and oxygen atoms in total. The molecule has 0 bridgehead atoms. The summed E-state index contributed by atoms with van der Waals surface area (Å²) in [6.45, 7) is 1.77. The second kappa shape index (κ2) is 2.13. The zero-order chi connectivity index (χ0) is 7.84. The van der Waals surface area contributed by atoms with E-state index in [0.717, 1.165) is 4.96 Å². The third kappa shape index (κ3) is 0.775. The maximum Gasteiger partial charge on any atom is 0.205 e. The van der Waals surface area contributed by atoms with Gasteiger partial charge in [0.05, 0.1) is 5.69 Å². The van der Waals surface area contributed by atoms with E-state index in [9.17, 15) is 4.91 Å². The molecule has 0 N–H and O–H groups in total. The number of fused-ring (bicyclic) bond motifs is 1. The van der Waals surface area contributed by atoms with Gasteiger partial charge in [-0.1, -0.05) is 0 Å². The lowest BCUT2D eigenvalue weighted by molar-refractivity contribution is 1.18. The molecule has 0 saturated heterocycles. The standard InChI is InChI=1S/C6H5N3OS/c1-4-5(8-10)9-2-3-11-6(9)7-4/h2-3H,1H3. The van der Waals surface area contributed by atoms with Crippen molar-refractivity contribution < 1.29 is 0 Å². The van der Waals surface area contributed by atoms with Crippen molar-refractivity contribution in [3.05, 3.63) is 22.2 Å². The molecule has 56 valence electrons. The fraction of sp³-hybridized carbons (Fsp3) is 0.167. The predicted octanol–water partition coefficient (Wildman–Crippen LogP) is 2.10. The van der Waals surface area contributed by atoms with E-state index in [0.29, 0.717) is 11.5 Å². The van der Waals surface area contributed by atoms with Gasteiger partial charge in [-0.2, -0.15) is 0 Å². The first kappa shape index (κ1) is 6.48. The maximum atomic E-state index is 10.3. The van der Waals surface area contributed by atoms with E-state index in [-0.39, 0.29) is 0 Å². The molecule has 0 atom stereocenters. The first-order chi connectivity index (χ1) is 5.33. The third-order valence-corrected chi connectivity index (χ3v) is 2.25. The van der Waals surface area contributed by atoms with Crippen molar-refractivity contribution >= 4 is 22.1 Å². The van der Waals surface area contributed by atoms with Crippen molar-refractivity contribution in [1.29, 1.82) is 0 Å². The lowest BCUT2D eigenvalue weighted by Crippen LogP contribution is -1.73. The van der Waals surface area contributed by atoms with E-state index in [2.05, 4.69) is 10.2 Å². The van der Waals surface area contributed by atoms with Gasteiger partial charge in [0.1, 0.15) is 0 Å². The molecular formula is C6H5N3OS. The van der Waals surface area contributed by atoms with Gasteiger partial charge in [0.2, 0.25) is 5.82 Å². The highest BCUT2D eigenvalue weighted by Crippen LogP contribution is 2.22. The molecule has 11 heavy (non-hydrogen) atoms. The van der Waals surface area contributed by atoms with Crippen LogP contribution in [0.25, 0.3) is 4.96 Å². The topological polar surface area (TPSA) is 46.7 Å². The summed E-state index contributed by atoms with van der Waals surface area (Å²) in [4.78, 5) is 15.2. The number of thiazole rings is 1. The molecule has 0 aliphatic rings. The van der Waals surface area contributed by atoms with E-state index in [1.54, 1.807) is 17.5 Å². The Bertz CT molecular complexity index is 403. The second-order valence-electron chi connectivity index (χ2n) is 2.17. The van der Waals surface area contributed by atoms with Crippen LogP contribution in [0.3, 0.4) is 0 Å². The minimum absolute atomic E-state index is 0.404. The monoisotopic (exact) mass is 167 g/mol. The molecule has 0 aliphatic carbocycles. The van der Waals surface area contributed by atoms with Crippen molar-refractivity contribution in [3.8, 4) is 0 Å². The van der Waals surface area contributed by atoms with Crippen molar-refractivity contribution in [2.45, 2.75) is 6.92 Å². The van der Waals surface area contributed by atoms with Crippen LogP contribution in [0.2, 0.25) is 0 Å². The SMILES string of the molecule is Cc1nc2sccn2c1N=O. The van der Waals surface area contributed by atoms with E-state index < -0.39 is 0 Å². The molecule has 2 aromatic rings. The first-order valence-corrected chi connectivity index (χ1v) is 3.96. The fourth-order valence-corrected chi connectivity index (χ4v) is 1.75. The molecule has 0 saturated carbocycles. The summed E-state index contributed by atoms with van der Waals surface area (Å²) in [5.41, 5.74) is 0.687. The average molecular weight is 167 g/mol. The Morgan fingerprint density at radius 2 is 2.55 bits per heavy atom. The number of aromatic nitrogens is 2. The lowest BCUT2D eigenvalue weighted by atomic mass is 10.5.